The van der Waals surface area contributed by atoms with Crippen LogP contribution in [-0.4, -0.2) is 95.6 Å². The van der Waals surface area contributed by atoms with Gasteiger partial charge in [-0.15, -0.1) is 0 Å². The van der Waals surface area contributed by atoms with Gasteiger partial charge in [-0.25, -0.2) is 12.7 Å². The Bertz CT molecular complexity index is 1040. The number of carbonyl (C=O) groups is 4. The predicted molar refractivity (Wildman–Crippen MR) is 183 cm³/mol. The minimum atomic E-state index is -2.61. The molecule has 0 bridgehead atoms. The second-order valence-corrected chi connectivity index (χ2v) is 15.1. The number of thiol groups is 1. The van der Waals surface area contributed by atoms with Crippen molar-refractivity contribution in [2.75, 3.05) is 32.8 Å². The van der Waals surface area contributed by atoms with Crippen LogP contribution < -0.4 is 0 Å². The summed E-state index contributed by atoms with van der Waals surface area (Å²) in [6.07, 6.45) is 13.6. The molecule has 1 aliphatic carbocycles. The highest BCUT2D eigenvalue weighted by molar-refractivity contribution is 7.69. The number of rotatable bonds is 26. The van der Waals surface area contributed by atoms with E-state index < -0.39 is 28.8 Å². The van der Waals surface area contributed by atoms with Crippen molar-refractivity contribution in [1.29, 1.82) is 0 Å². The van der Waals surface area contributed by atoms with Crippen LogP contribution in [0.1, 0.15) is 135 Å². The van der Waals surface area contributed by atoms with Crippen LogP contribution in [0.2, 0.25) is 0 Å². The van der Waals surface area contributed by atoms with E-state index in [9.17, 15) is 42.9 Å². The van der Waals surface area contributed by atoms with Crippen molar-refractivity contribution in [3.63, 3.8) is 0 Å². The number of piperidine rings is 1. The number of ether oxygens (including phenoxy) is 1. The van der Waals surface area contributed by atoms with E-state index in [1.54, 1.807) is 4.31 Å². The molecule has 0 aromatic carbocycles. The predicted octanol–water partition coefficient (Wildman–Crippen LogP) is 5.60. The van der Waals surface area contributed by atoms with Gasteiger partial charge in [0.15, 0.2) is 0 Å². The van der Waals surface area contributed by atoms with Gasteiger partial charge in [-0.05, 0) is 101 Å². The first-order valence-corrected chi connectivity index (χ1v) is 19.6. The number of hydrogen-bond donors (Lipinski definition) is 4. The molecule has 48 heavy (non-hydrogen) atoms. The summed E-state index contributed by atoms with van der Waals surface area (Å²) in [6.45, 7) is 4.64. The second-order valence-electron chi connectivity index (χ2n) is 14.0. The van der Waals surface area contributed by atoms with Crippen LogP contribution in [0.3, 0.4) is 0 Å². The molecule has 12 nitrogen and oxygen atoms in total. The van der Waals surface area contributed by atoms with E-state index in [4.69, 9.17) is 4.74 Å². The van der Waals surface area contributed by atoms with Gasteiger partial charge in [0, 0.05) is 51.4 Å². The smallest absolute Gasteiger partial charge is 0.305 e. The van der Waals surface area contributed by atoms with E-state index in [1.807, 2.05) is 6.92 Å². The average molecular weight is 703 g/mol. The Hall–Kier alpha value is -2.25. The number of carboxylic acid groups (broad SMARTS) is 3. The Labute approximate surface area is 289 Å². The normalized spacial score (nSPS) is 22.2. The van der Waals surface area contributed by atoms with Crippen molar-refractivity contribution < 1.29 is 47.7 Å². The zero-order valence-corrected chi connectivity index (χ0v) is 30.0. The van der Waals surface area contributed by atoms with E-state index in [0.717, 1.165) is 45.1 Å². The maximum absolute atomic E-state index is 12.5. The monoisotopic (exact) mass is 702 g/mol. The standard InChI is InChI=1S/C35H62N2O10S/c1-2-13-35(44)47-26-31-30(18-12-21-34(42)43)29(17-11-20-33(40)41)28(16-10-19-32(38)39)25-36(31)22-8-3-4-9-23-37(48(45)46)24-27-14-6-5-7-15-27/h27-31,48H,2-26H2,1H3,(H,38,39)(H,40,41)(H,42,43)/t28-,29-,30-,31+/m1/s1. The van der Waals surface area contributed by atoms with Gasteiger partial charge >= 0.3 is 23.9 Å². The van der Waals surface area contributed by atoms with E-state index in [0.29, 0.717) is 76.9 Å². The fraction of sp³-hybridized carbons (Fsp3) is 0.886. The number of carboxylic acids is 3. The molecule has 0 amide bonds. The van der Waals surface area contributed by atoms with E-state index >= 15 is 0 Å². The summed E-state index contributed by atoms with van der Waals surface area (Å²) < 4.78 is 31.2. The van der Waals surface area contributed by atoms with Crippen molar-refractivity contribution >= 4 is 34.8 Å². The summed E-state index contributed by atoms with van der Waals surface area (Å²) in [4.78, 5) is 49.0. The van der Waals surface area contributed by atoms with Crippen LogP contribution in [0.5, 0.6) is 0 Å². The van der Waals surface area contributed by atoms with Gasteiger partial charge in [-0.3, -0.25) is 24.1 Å². The highest BCUT2D eigenvalue weighted by Crippen LogP contribution is 2.42. The Morgan fingerprint density at radius 3 is 1.92 bits per heavy atom. The molecule has 1 aliphatic heterocycles. The van der Waals surface area contributed by atoms with Crippen molar-refractivity contribution in [2.45, 2.75) is 141 Å². The largest absolute Gasteiger partial charge is 0.481 e. The first-order valence-electron chi connectivity index (χ1n) is 18.5. The van der Waals surface area contributed by atoms with Crippen LogP contribution in [0.15, 0.2) is 0 Å². The molecule has 4 atom stereocenters. The Kier molecular flexibility index (Phi) is 21.0. The van der Waals surface area contributed by atoms with Crippen LogP contribution in [0, 0.1) is 23.7 Å². The molecule has 3 N–H and O–H groups in total. The second kappa shape index (κ2) is 24.0. The number of likely N-dealkylation sites (tertiary alicyclic amines) is 1. The zero-order valence-electron chi connectivity index (χ0n) is 29.1. The lowest BCUT2D eigenvalue weighted by atomic mass is 9.68. The third kappa shape index (κ3) is 16.9. The zero-order chi connectivity index (χ0) is 35.3. The Balaban J connectivity index is 2.15. The maximum Gasteiger partial charge on any atom is 0.305 e. The van der Waals surface area contributed by atoms with Gasteiger partial charge in [0.25, 0.3) is 0 Å². The minimum Gasteiger partial charge on any atom is -0.481 e. The lowest BCUT2D eigenvalue weighted by Gasteiger charge is -2.50. The molecule has 1 heterocycles. The molecule has 278 valence electrons. The molecule has 2 aliphatic rings. The summed E-state index contributed by atoms with van der Waals surface area (Å²) >= 11 is 0. The molecular weight excluding hydrogens is 640 g/mol. The third-order valence-corrected chi connectivity index (χ3v) is 11.1. The van der Waals surface area contributed by atoms with Crippen molar-refractivity contribution in [2.24, 2.45) is 23.7 Å². The Morgan fingerprint density at radius 1 is 0.750 bits per heavy atom. The first-order chi connectivity index (χ1) is 23.0. The van der Waals surface area contributed by atoms with Gasteiger partial charge in [0.2, 0.25) is 10.9 Å². The van der Waals surface area contributed by atoms with E-state index in [2.05, 4.69) is 4.90 Å². The van der Waals surface area contributed by atoms with Gasteiger partial charge in [0.05, 0.1) is 0 Å². The molecule has 1 saturated carbocycles. The first kappa shape index (κ1) is 41.9. The summed E-state index contributed by atoms with van der Waals surface area (Å²) in [6, 6.07) is -0.152. The summed E-state index contributed by atoms with van der Waals surface area (Å²) in [5.41, 5.74) is 0. The number of unbranched alkanes of at least 4 members (excludes halogenated alkanes) is 3. The highest BCUT2D eigenvalue weighted by atomic mass is 32.2. The molecule has 0 spiro atoms. The Morgan fingerprint density at radius 2 is 1.33 bits per heavy atom. The molecule has 0 radical (unpaired) electrons. The van der Waals surface area contributed by atoms with E-state index in [-0.39, 0.29) is 55.6 Å². The summed E-state index contributed by atoms with van der Waals surface area (Å²) in [5.74, 6) is -2.30. The molecule has 0 aromatic rings. The number of hydrogen-bond acceptors (Lipinski definition) is 8. The van der Waals surface area contributed by atoms with Crippen LogP contribution in [-0.2, 0) is 34.8 Å². The highest BCUT2D eigenvalue weighted by Gasteiger charge is 2.43. The van der Waals surface area contributed by atoms with Crippen molar-refractivity contribution in [3.8, 4) is 0 Å². The molecule has 13 heteroatoms. The fourth-order valence-corrected chi connectivity index (χ4v) is 8.61. The lowest BCUT2D eigenvalue weighted by Crippen LogP contribution is -2.55. The SMILES string of the molecule is CCCC(=O)OC[C@H]1[C@H](CCCC(=O)O)[C@H](CCCC(=O)O)[C@H](CCCC(=O)O)CN1CCCCCCN(CC1CCCCC1)[SH](=O)=O. The molecule has 0 aromatic heterocycles. The summed E-state index contributed by atoms with van der Waals surface area (Å²) in [7, 11) is -2.61. The van der Waals surface area contributed by atoms with Crippen LogP contribution in [0.25, 0.3) is 0 Å². The van der Waals surface area contributed by atoms with Crippen LogP contribution in [0.4, 0.5) is 0 Å². The number of nitrogens with zero attached hydrogens (tertiary/aromatic N) is 2. The quantitative estimate of drug-likeness (QED) is 0.0501. The minimum absolute atomic E-state index is 0.0110. The topological polar surface area (TPSA) is 179 Å². The average Bonchev–Trinajstić information content (AvgIpc) is 3.02. The number of carbonyl (C=O) groups excluding carboxylic acids is 1. The van der Waals surface area contributed by atoms with Gasteiger partial charge < -0.3 is 20.1 Å². The van der Waals surface area contributed by atoms with E-state index in [1.165, 1.54) is 19.3 Å². The van der Waals surface area contributed by atoms with Crippen molar-refractivity contribution in [1.82, 2.24) is 9.21 Å². The molecule has 1 saturated heterocycles. The van der Waals surface area contributed by atoms with Gasteiger partial charge in [0.1, 0.15) is 6.61 Å². The molecular formula is C35H62N2O10S. The molecule has 2 rings (SSSR count). The summed E-state index contributed by atoms with van der Waals surface area (Å²) in [5, 5.41) is 28.0. The van der Waals surface area contributed by atoms with Crippen molar-refractivity contribution in [3.05, 3.63) is 0 Å². The van der Waals surface area contributed by atoms with Gasteiger partial charge in [-0.1, -0.05) is 39.0 Å². The number of esters is 1. The van der Waals surface area contributed by atoms with Gasteiger partial charge in [-0.2, -0.15) is 0 Å². The maximum atomic E-state index is 12.5. The molecule has 0 unspecified atom stereocenters. The fourth-order valence-electron chi connectivity index (χ4n) is 7.94. The third-order valence-electron chi connectivity index (χ3n) is 10.3. The molecule has 2 fully saturated rings. The number of aliphatic carboxylic acids is 3. The lowest BCUT2D eigenvalue weighted by molar-refractivity contribution is -0.148. The van der Waals surface area contributed by atoms with Crippen LogP contribution >= 0.6 is 0 Å².